The van der Waals surface area contributed by atoms with Crippen molar-refractivity contribution in [2.24, 2.45) is 21.0 Å². The van der Waals surface area contributed by atoms with E-state index in [4.69, 9.17) is 5.73 Å². The third-order valence-electron chi connectivity index (χ3n) is 4.98. The zero-order valence-electron chi connectivity index (χ0n) is 19.5. The fraction of sp³-hybridized carbons (Fsp3) is 0.400. The molecule has 2 aromatic rings. The Morgan fingerprint density at radius 3 is 1.47 bits per heavy atom. The van der Waals surface area contributed by atoms with Crippen LogP contribution in [0.5, 0.6) is 0 Å². The van der Waals surface area contributed by atoms with Gasteiger partial charge < -0.3 is 5.73 Å². The molecule has 3 N–H and O–H groups in total. The van der Waals surface area contributed by atoms with Crippen molar-refractivity contribution in [1.29, 1.82) is 0 Å². The first-order valence-electron chi connectivity index (χ1n) is 10.3. The van der Waals surface area contributed by atoms with E-state index in [1.165, 1.54) is 11.1 Å². The second-order valence-corrected chi connectivity index (χ2v) is 9.63. The predicted octanol–water partition coefficient (Wildman–Crippen LogP) is 5.33. The second kappa shape index (κ2) is 9.24. The lowest BCUT2D eigenvalue weighted by atomic mass is 9.86. The van der Waals surface area contributed by atoms with Crippen LogP contribution >= 0.6 is 0 Å². The molecule has 0 atom stereocenters. The summed E-state index contributed by atoms with van der Waals surface area (Å²) in [4.78, 5) is 0. The summed E-state index contributed by atoms with van der Waals surface area (Å²) in [7, 11) is 0. The monoisotopic (exact) mass is 405 g/mol. The van der Waals surface area contributed by atoms with Crippen molar-refractivity contribution in [3.05, 3.63) is 70.8 Å². The van der Waals surface area contributed by atoms with Crippen molar-refractivity contribution in [1.82, 2.24) is 5.43 Å². The Kier molecular flexibility index (Phi) is 7.19. The molecule has 0 aliphatic rings. The highest BCUT2D eigenvalue weighted by Gasteiger charge is 2.14. The molecular weight excluding hydrogens is 370 g/mol. The van der Waals surface area contributed by atoms with Crippen LogP contribution in [0.2, 0.25) is 0 Å². The third-order valence-corrected chi connectivity index (χ3v) is 4.98. The van der Waals surface area contributed by atoms with Crippen molar-refractivity contribution in [3.63, 3.8) is 0 Å². The molecule has 0 aliphatic heterocycles. The predicted molar refractivity (Wildman–Crippen MR) is 129 cm³/mol. The summed E-state index contributed by atoms with van der Waals surface area (Å²) >= 11 is 0. The molecule has 0 fully saturated rings. The van der Waals surface area contributed by atoms with Gasteiger partial charge in [-0.1, -0.05) is 90.1 Å². The van der Waals surface area contributed by atoms with Gasteiger partial charge in [0.1, 0.15) is 0 Å². The maximum Gasteiger partial charge on any atom is 0.234 e. The SMILES string of the molecule is C/C(=N\N=C(/N)N/N=C(\C)c1ccc(C(C)(C)C)cc1)c1ccc(C(C)(C)C)cc1. The quantitative estimate of drug-likeness (QED) is 0.409. The van der Waals surface area contributed by atoms with Crippen LogP contribution in [0.1, 0.15) is 77.6 Å². The molecule has 0 saturated heterocycles. The van der Waals surface area contributed by atoms with Crippen molar-refractivity contribution < 1.29 is 0 Å². The van der Waals surface area contributed by atoms with E-state index in [1.807, 2.05) is 13.8 Å². The lowest BCUT2D eigenvalue weighted by molar-refractivity contribution is 0.590. The number of guanidine groups is 1. The van der Waals surface area contributed by atoms with Gasteiger partial charge in [-0.3, -0.25) is 0 Å². The first kappa shape index (κ1) is 23.3. The minimum atomic E-state index is 0.124. The van der Waals surface area contributed by atoms with Gasteiger partial charge in [0.25, 0.3) is 0 Å². The number of hydrogen-bond acceptors (Lipinski definition) is 3. The molecule has 5 nitrogen and oxygen atoms in total. The molecule has 2 aromatic carbocycles. The summed E-state index contributed by atoms with van der Waals surface area (Å²) in [5.74, 6) is 0.145. The normalized spacial score (nSPS) is 14.1. The number of rotatable bonds is 4. The first-order valence-corrected chi connectivity index (χ1v) is 10.3. The summed E-state index contributed by atoms with van der Waals surface area (Å²) in [6, 6.07) is 16.8. The number of hydrazone groups is 1. The lowest BCUT2D eigenvalue weighted by Gasteiger charge is -2.19. The smallest absolute Gasteiger partial charge is 0.234 e. The van der Waals surface area contributed by atoms with Gasteiger partial charge in [0.2, 0.25) is 5.96 Å². The number of hydrogen-bond donors (Lipinski definition) is 2. The molecular formula is C25H35N5. The maximum atomic E-state index is 5.91. The Hall–Kier alpha value is -2.95. The summed E-state index contributed by atoms with van der Waals surface area (Å²) < 4.78 is 0. The maximum absolute atomic E-state index is 5.91. The minimum absolute atomic E-state index is 0.124. The molecule has 0 saturated carbocycles. The summed E-state index contributed by atoms with van der Waals surface area (Å²) in [5.41, 5.74) is 15.2. The number of nitrogens with zero attached hydrogens (tertiary/aromatic N) is 3. The van der Waals surface area contributed by atoms with E-state index in [0.717, 1.165) is 22.6 Å². The molecule has 0 amide bonds. The standard InChI is InChI=1S/C25H35N5/c1-17(19-9-13-21(14-10-19)24(3,4)5)27-29-23(26)30-28-18(2)20-11-15-22(16-12-20)25(6,7)8/h9-16H,1-8H3,(H3,26,29,30)/b27-17+,28-18+. The average molecular weight is 406 g/mol. The Balaban J connectivity index is 2.04. The van der Waals surface area contributed by atoms with Gasteiger partial charge in [0, 0.05) is 0 Å². The zero-order valence-corrected chi connectivity index (χ0v) is 19.5. The molecule has 160 valence electrons. The molecule has 2 rings (SSSR count). The van der Waals surface area contributed by atoms with Crippen LogP contribution in [0, 0.1) is 0 Å². The summed E-state index contributed by atoms with van der Waals surface area (Å²) in [6.07, 6.45) is 0. The third kappa shape index (κ3) is 6.55. The van der Waals surface area contributed by atoms with Crippen LogP contribution in [0.3, 0.4) is 0 Å². The van der Waals surface area contributed by atoms with Crippen LogP contribution in [0.15, 0.2) is 63.8 Å². The van der Waals surface area contributed by atoms with Crippen LogP contribution in [-0.2, 0) is 10.8 Å². The van der Waals surface area contributed by atoms with E-state index in [-0.39, 0.29) is 16.8 Å². The van der Waals surface area contributed by atoms with Gasteiger partial charge in [0.05, 0.1) is 11.4 Å². The second-order valence-electron chi connectivity index (χ2n) is 9.63. The van der Waals surface area contributed by atoms with E-state index in [2.05, 4.69) is 111 Å². The van der Waals surface area contributed by atoms with Crippen molar-refractivity contribution in [2.75, 3.05) is 0 Å². The highest BCUT2D eigenvalue weighted by Crippen LogP contribution is 2.23. The van der Waals surface area contributed by atoms with Gasteiger partial charge in [-0.05, 0) is 46.9 Å². The van der Waals surface area contributed by atoms with Gasteiger partial charge in [-0.15, -0.1) is 5.10 Å². The molecule has 0 heterocycles. The topological polar surface area (TPSA) is 75.1 Å². The highest BCUT2D eigenvalue weighted by molar-refractivity contribution is 6.00. The van der Waals surface area contributed by atoms with Crippen LogP contribution in [-0.4, -0.2) is 17.4 Å². The van der Waals surface area contributed by atoms with Gasteiger partial charge in [-0.2, -0.15) is 10.2 Å². The molecule has 0 aromatic heterocycles. The fourth-order valence-electron chi connectivity index (χ4n) is 2.84. The van der Waals surface area contributed by atoms with Gasteiger partial charge in [0.15, 0.2) is 0 Å². The van der Waals surface area contributed by atoms with Crippen LogP contribution in [0.25, 0.3) is 0 Å². The van der Waals surface area contributed by atoms with E-state index in [0.29, 0.717) is 0 Å². The Morgan fingerprint density at radius 1 is 0.667 bits per heavy atom. The molecule has 30 heavy (non-hydrogen) atoms. The average Bonchev–Trinajstić information content (AvgIpc) is 2.69. The van der Waals surface area contributed by atoms with Gasteiger partial charge in [-0.25, -0.2) is 5.43 Å². The van der Waals surface area contributed by atoms with E-state index in [9.17, 15) is 0 Å². The Bertz CT molecular complexity index is 935. The fourth-order valence-corrected chi connectivity index (χ4v) is 2.84. The zero-order chi connectivity index (χ0) is 22.5. The van der Waals surface area contributed by atoms with Crippen molar-refractivity contribution in [3.8, 4) is 0 Å². The van der Waals surface area contributed by atoms with Crippen molar-refractivity contribution in [2.45, 2.75) is 66.2 Å². The lowest BCUT2D eigenvalue weighted by Crippen LogP contribution is -2.28. The minimum Gasteiger partial charge on any atom is -0.367 e. The number of benzene rings is 2. The van der Waals surface area contributed by atoms with E-state index < -0.39 is 0 Å². The van der Waals surface area contributed by atoms with Crippen LogP contribution in [0.4, 0.5) is 0 Å². The highest BCUT2D eigenvalue weighted by atomic mass is 15.4. The Labute approximate surface area is 181 Å². The molecule has 0 aliphatic carbocycles. The van der Waals surface area contributed by atoms with E-state index in [1.54, 1.807) is 0 Å². The summed E-state index contributed by atoms with van der Waals surface area (Å²) in [6.45, 7) is 17.0. The van der Waals surface area contributed by atoms with Crippen LogP contribution < -0.4 is 11.2 Å². The molecule has 0 radical (unpaired) electrons. The number of nitrogens with two attached hydrogens (primary N) is 1. The first-order chi connectivity index (χ1) is 13.9. The molecule has 0 spiro atoms. The molecule has 0 unspecified atom stereocenters. The summed E-state index contributed by atoms with van der Waals surface area (Å²) in [5, 5.41) is 12.6. The van der Waals surface area contributed by atoms with E-state index >= 15 is 0 Å². The Morgan fingerprint density at radius 2 is 1.07 bits per heavy atom. The van der Waals surface area contributed by atoms with Gasteiger partial charge >= 0.3 is 0 Å². The largest absolute Gasteiger partial charge is 0.367 e. The molecule has 5 heteroatoms. The molecule has 0 bridgehead atoms. The number of nitrogens with one attached hydrogen (secondary N) is 1. The van der Waals surface area contributed by atoms with Crippen molar-refractivity contribution >= 4 is 17.4 Å².